The van der Waals surface area contributed by atoms with Crippen molar-refractivity contribution in [1.29, 1.82) is 0 Å². The summed E-state index contributed by atoms with van der Waals surface area (Å²) >= 11 is 0. The molecular formula is C15H19NO2. The van der Waals surface area contributed by atoms with Crippen LogP contribution >= 0.6 is 0 Å². The van der Waals surface area contributed by atoms with Gasteiger partial charge in [-0.2, -0.15) is 0 Å². The van der Waals surface area contributed by atoms with Gasteiger partial charge in [0, 0.05) is 6.54 Å². The first-order valence-corrected chi connectivity index (χ1v) is 6.29. The third-order valence-electron chi connectivity index (χ3n) is 2.76. The summed E-state index contributed by atoms with van der Waals surface area (Å²) in [7, 11) is 0. The van der Waals surface area contributed by atoms with Crippen molar-refractivity contribution in [2.45, 2.75) is 19.6 Å². The van der Waals surface area contributed by atoms with E-state index in [1.165, 1.54) is 5.56 Å². The van der Waals surface area contributed by atoms with Gasteiger partial charge in [-0.1, -0.05) is 37.3 Å². The summed E-state index contributed by atoms with van der Waals surface area (Å²) in [6.45, 7) is 4.33. The standard InChI is InChI=1S/C15H19NO2/c1-2-16-11-15(13-7-4-3-5-8-13)18-12-14-9-6-10-17-14/h3-10,15-16H,2,11-12H2,1H3. The van der Waals surface area contributed by atoms with Crippen molar-refractivity contribution in [2.24, 2.45) is 0 Å². The van der Waals surface area contributed by atoms with Crippen LogP contribution in [0.1, 0.15) is 24.4 Å². The maximum atomic E-state index is 5.92. The van der Waals surface area contributed by atoms with Crippen molar-refractivity contribution in [3.63, 3.8) is 0 Å². The van der Waals surface area contributed by atoms with Gasteiger partial charge in [0.1, 0.15) is 12.4 Å². The van der Waals surface area contributed by atoms with Crippen LogP contribution in [0.3, 0.4) is 0 Å². The van der Waals surface area contributed by atoms with Crippen LogP contribution in [0.5, 0.6) is 0 Å². The number of hydrogen-bond acceptors (Lipinski definition) is 3. The number of furan rings is 1. The van der Waals surface area contributed by atoms with Gasteiger partial charge >= 0.3 is 0 Å². The normalized spacial score (nSPS) is 12.5. The molecule has 1 aromatic heterocycles. The molecule has 0 aliphatic heterocycles. The van der Waals surface area contributed by atoms with E-state index in [4.69, 9.17) is 9.15 Å². The van der Waals surface area contributed by atoms with Gasteiger partial charge in [0.15, 0.2) is 0 Å². The fraction of sp³-hybridized carbons (Fsp3) is 0.333. The SMILES string of the molecule is CCNCC(OCc1ccco1)c1ccccc1. The second kappa shape index (κ2) is 6.99. The van der Waals surface area contributed by atoms with Crippen LogP contribution in [0.4, 0.5) is 0 Å². The minimum absolute atomic E-state index is 0.0521. The second-order valence-corrected chi connectivity index (χ2v) is 4.10. The molecule has 1 unspecified atom stereocenters. The Kier molecular flexibility index (Phi) is 5.00. The lowest BCUT2D eigenvalue weighted by Gasteiger charge is -2.18. The Labute approximate surface area is 108 Å². The molecule has 0 fully saturated rings. The fourth-order valence-corrected chi connectivity index (χ4v) is 1.79. The molecule has 2 aromatic rings. The Morgan fingerprint density at radius 2 is 2.00 bits per heavy atom. The number of rotatable bonds is 7. The van der Waals surface area contributed by atoms with E-state index in [1.807, 2.05) is 30.3 Å². The number of ether oxygens (including phenoxy) is 1. The van der Waals surface area contributed by atoms with Crippen molar-refractivity contribution in [2.75, 3.05) is 13.1 Å². The van der Waals surface area contributed by atoms with E-state index < -0.39 is 0 Å². The smallest absolute Gasteiger partial charge is 0.129 e. The zero-order valence-electron chi connectivity index (χ0n) is 10.6. The molecule has 0 saturated carbocycles. The van der Waals surface area contributed by atoms with E-state index in [9.17, 15) is 0 Å². The summed E-state index contributed by atoms with van der Waals surface area (Å²) in [5.74, 6) is 0.854. The van der Waals surface area contributed by atoms with Crippen LogP contribution in [0.25, 0.3) is 0 Å². The molecule has 0 bridgehead atoms. The summed E-state index contributed by atoms with van der Waals surface area (Å²) in [5.41, 5.74) is 1.19. The summed E-state index contributed by atoms with van der Waals surface area (Å²) in [6.07, 6.45) is 1.72. The molecule has 18 heavy (non-hydrogen) atoms. The Morgan fingerprint density at radius 1 is 1.17 bits per heavy atom. The first-order chi connectivity index (χ1) is 8.90. The number of likely N-dealkylation sites (N-methyl/N-ethyl adjacent to an activating group) is 1. The minimum atomic E-state index is 0.0521. The lowest BCUT2D eigenvalue weighted by Crippen LogP contribution is -2.23. The Balaban J connectivity index is 1.96. The van der Waals surface area contributed by atoms with Gasteiger partial charge in [-0.05, 0) is 24.2 Å². The molecule has 0 aliphatic rings. The van der Waals surface area contributed by atoms with Crippen molar-refractivity contribution < 1.29 is 9.15 Å². The maximum Gasteiger partial charge on any atom is 0.129 e. The number of benzene rings is 1. The summed E-state index contributed by atoms with van der Waals surface area (Å²) in [5, 5.41) is 3.32. The van der Waals surface area contributed by atoms with Gasteiger partial charge in [-0.3, -0.25) is 0 Å². The van der Waals surface area contributed by atoms with Crippen molar-refractivity contribution in [3.05, 3.63) is 60.1 Å². The van der Waals surface area contributed by atoms with Crippen molar-refractivity contribution >= 4 is 0 Å². The monoisotopic (exact) mass is 245 g/mol. The number of nitrogens with one attached hydrogen (secondary N) is 1. The predicted molar refractivity (Wildman–Crippen MR) is 71.2 cm³/mol. The summed E-state index contributed by atoms with van der Waals surface area (Å²) in [6, 6.07) is 14.1. The van der Waals surface area contributed by atoms with Crippen LogP contribution in [-0.4, -0.2) is 13.1 Å². The van der Waals surface area contributed by atoms with Crippen molar-refractivity contribution in [1.82, 2.24) is 5.32 Å². The molecule has 0 radical (unpaired) electrons. The highest BCUT2D eigenvalue weighted by atomic mass is 16.5. The van der Waals surface area contributed by atoms with E-state index in [1.54, 1.807) is 6.26 Å². The largest absolute Gasteiger partial charge is 0.467 e. The maximum absolute atomic E-state index is 5.92. The Bertz CT molecular complexity index is 425. The van der Waals surface area contributed by atoms with Crippen LogP contribution in [0.2, 0.25) is 0 Å². The van der Waals surface area contributed by atoms with Gasteiger partial charge in [-0.15, -0.1) is 0 Å². The van der Waals surface area contributed by atoms with E-state index in [2.05, 4.69) is 24.4 Å². The van der Waals surface area contributed by atoms with Gasteiger partial charge in [0.05, 0.1) is 12.4 Å². The molecule has 2 rings (SSSR count). The third kappa shape index (κ3) is 3.72. The molecule has 3 nitrogen and oxygen atoms in total. The molecule has 1 aromatic carbocycles. The quantitative estimate of drug-likeness (QED) is 0.813. The highest BCUT2D eigenvalue weighted by molar-refractivity contribution is 5.18. The molecule has 1 N–H and O–H groups in total. The Morgan fingerprint density at radius 3 is 2.67 bits per heavy atom. The zero-order valence-corrected chi connectivity index (χ0v) is 10.6. The van der Waals surface area contributed by atoms with Crippen molar-refractivity contribution in [3.8, 4) is 0 Å². The minimum Gasteiger partial charge on any atom is -0.467 e. The highest BCUT2D eigenvalue weighted by Gasteiger charge is 2.11. The molecular weight excluding hydrogens is 226 g/mol. The van der Waals surface area contributed by atoms with Crippen LogP contribution < -0.4 is 5.32 Å². The molecule has 0 aliphatic carbocycles. The first-order valence-electron chi connectivity index (χ1n) is 6.29. The summed E-state index contributed by atoms with van der Waals surface area (Å²) < 4.78 is 11.2. The molecule has 0 amide bonds. The van der Waals surface area contributed by atoms with Gasteiger partial charge in [-0.25, -0.2) is 0 Å². The molecule has 1 heterocycles. The van der Waals surface area contributed by atoms with E-state index in [0.717, 1.165) is 18.8 Å². The molecule has 0 saturated heterocycles. The predicted octanol–water partition coefficient (Wildman–Crippen LogP) is 3.15. The lowest BCUT2D eigenvalue weighted by atomic mass is 10.1. The van der Waals surface area contributed by atoms with Gasteiger partial charge < -0.3 is 14.5 Å². The average Bonchev–Trinajstić information content (AvgIpc) is 2.93. The third-order valence-corrected chi connectivity index (χ3v) is 2.76. The van der Waals surface area contributed by atoms with Gasteiger partial charge in [0.2, 0.25) is 0 Å². The average molecular weight is 245 g/mol. The lowest BCUT2D eigenvalue weighted by molar-refractivity contribution is 0.0304. The van der Waals surface area contributed by atoms with E-state index in [0.29, 0.717) is 6.61 Å². The van der Waals surface area contributed by atoms with E-state index >= 15 is 0 Å². The van der Waals surface area contributed by atoms with E-state index in [-0.39, 0.29) is 6.10 Å². The molecule has 96 valence electrons. The first kappa shape index (κ1) is 12.9. The fourth-order valence-electron chi connectivity index (χ4n) is 1.79. The second-order valence-electron chi connectivity index (χ2n) is 4.10. The highest BCUT2D eigenvalue weighted by Crippen LogP contribution is 2.18. The number of hydrogen-bond donors (Lipinski definition) is 1. The molecule has 3 heteroatoms. The summed E-state index contributed by atoms with van der Waals surface area (Å²) in [4.78, 5) is 0. The molecule has 1 atom stereocenters. The topological polar surface area (TPSA) is 34.4 Å². The Hall–Kier alpha value is -1.58. The zero-order chi connectivity index (χ0) is 12.6. The van der Waals surface area contributed by atoms with Crippen LogP contribution in [0, 0.1) is 0 Å². The van der Waals surface area contributed by atoms with Gasteiger partial charge in [0.25, 0.3) is 0 Å². The van der Waals surface area contributed by atoms with Crippen LogP contribution in [-0.2, 0) is 11.3 Å². The molecule has 0 spiro atoms. The van der Waals surface area contributed by atoms with Crippen LogP contribution in [0.15, 0.2) is 53.1 Å².